The van der Waals surface area contributed by atoms with Crippen LogP contribution in [-0.2, 0) is 4.79 Å². The van der Waals surface area contributed by atoms with Gasteiger partial charge in [0.05, 0.1) is 27.0 Å². The van der Waals surface area contributed by atoms with Gasteiger partial charge in [0.2, 0.25) is 0 Å². The molecule has 2 rings (SSSR count). The lowest BCUT2D eigenvalue weighted by molar-refractivity contribution is -0.112. The Morgan fingerprint density at radius 3 is 2.20 bits per heavy atom. The lowest BCUT2D eigenvalue weighted by Gasteiger charge is -2.11. The minimum absolute atomic E-state index is 0.0324. The zero-order valence-electron chi connectivity index (χ0n) is 14.2. The second-order valence-electron chi connectivity index (χ2n) is 4.96. The number of hydrogen-bond donors (Lipinski definition) is 1. The van der Waals surface area contributed by atoms with Gasteiger partial charge in [-0.15, -0.1) is 0 Å². The molecule has 0 saturated carbocycles. The van der Waals surface area contributed by atoms with Crippen LogP contribution in [0.4, 0.5) is 5.69 Å². The molecule has 0 aromatic heterocycles. The zero-order valence-corrected chi connectivity index (χ0v) is 14.2. The maximum absolute atomic E-state index is 12.4. The van der Waals surface area contributed by atoms with Gasteiger partial charge >= 0.3 is 0 Å². The van der Waals surface area contributed by atoms with Gasteiger partial charge in [0.25, 0.3) is 5.91 Å². The van der Waals surface area contributed by atoms with Gasteiger partial charge < -0.3 is 19.5 Å². The molecule has 0 unspecified atom stereocenters. The Bertz CT molecular complexity index is 820. The highest BCUT2D eigenvalue weighted by Gasteiger charge is 2.13. The van der Waals surface area contributed by atoms with Crippen molar-refractivity contribution in [3.8, 4) is 23.3 Å². The molecule has 0 saturated heterocycles. The van der Waals surface area contributed by atoms with Crippen LogP contribution in [0, 0.1) is 11.3 Å². The molecule has 1 amide bonds. The summed E-state index contributed by atoms with van der Waals surface area (Å²) in [6.45, 7) is 0. The van der Waals surface area contributed by atoms with Gasteiger partial charge in [-0.2, -0.15) is 5.26 Å². The van der Waals surface area contributed by atoms with E-state index in [0.29, 0.717) is 28.5 Å². The molecule has 0 atom stereocenters. The van der Waals surface area contributed by atoms with E-state index in [1.54, 1.807) is 49.6 Å². The summed E-state index contributed by atoms with van der Waals surface area (Å²) < 4.78 is 15.4. The fourth-order valence-electron chi connectivity index (χ4n) is 2.12. The Morgan fingerprint density at radius 2 is 1.64 bits per heavy atom. The van der Waals surface area contributed by atoms with Crippen molar-refractivity contribution in [2.24, 2.45) is 0 Å². The molecular formula is C19H18N2O4. The van der Waals surface area contributed by atoms with Gasteiger partial charge in [0, 0.05) is 6.07 Å². The van der Waals surface area contributed by atoms with E-state index < -0.39 is 5.91 Å². The summed E-state index contributed by atoms with van der Waals surface area (Å²) in [6, 6.07) is 14.0. The van der Waals surface area contributed by atoms with Gasteiger partial charge in [-0.3, -0.25) is 4.79 Å². The van der Waals surface area contributed by atoms with Crippen LogP contribution < -0.4 is 19.5 Å². The number of nitriles is 1. The van der Waals surface area contributed by atoms with Crippen LogP contribution in [0.3, 0.4) is 0 Å². The average molecular weight is 338 g/mol. The molecule has 0 aliphatic heterocycles. The zero-order chi connectivity index (χ0) is 18.2. The van der Waals surface area contributed by atoms with Crippen LogP contribution in [0.25, 0.3) is 6.08 Å². The van der Waals surface area contributed by atoms with Gasteiger partial charge in [-0.05, 0) is 35.9 Å². The van der Waals surface area contributed by atoms with Gasteiger partial charge in [0.1, 0.15) is 28.9 Å². The van der Waals surface area contributed by atoms with Crippen LogP contribution in [0.15, 0.2) is 48.0 Å². The fourth-order valence-corrected chi connectivity index (χ4v) is 2.12. The summed E-state index contributed by atoms with van der Waals surface area (Å²) in [4.78, 5) is 12.4. The second-order valence-corrected chi connectivity index (χ2v) is 4.96. The lowest BCUT2D eigenvalue weighted by atomic mass is 10.1. The lowest BCUT2D eigenvalue weighted by Crippen LogP contribution is -2.14. The average Bonchev–Trinajstić information content (AvgIpc) is 2.66. The summed E-state index contributed by atoms with van der Waals surface area (Å²) in [5.74, 6) is 1.19. The summed E-state index contributed by atoms with van der Waals surface area (Å²) >= 11 is 0. The Kier molecular flexibility index (Phi) is 6.02. The van der Waals surface area contributed by atoms with Crippen molar-refractivity contribution in [1.82, 2.24) is 0 Å². The van der Waals surface area contributed by atoms with E-state index in [2.05, 4.69) is 5.32 Å². The molecule has 0 bridgehead atoms. The first-order chi connectivity index (χ1) is 12.1. The number of carbonyl (C=O) groups excluding carboxylic acids is 1. The van der Waals surface area contributed by atoms with Gasteiger partial charge in [-0.25, -0.2) is 0 Å². The molecule has 0 spiro atoms. The number of ether oxygens (including phenoxy) is 3. The number of nitrogens with one attached hydrogen (secondary N) is 1. The number of carbonyl (C=O) groups is 1. The minimum atomic E-state index is -0.537. The molecule has 0 fully saturated rings. The number of amides is 1. The Balaban J connectivity index is 2.25. The number of methoxy groups -OCH3 is 3. The predicted molar refractivity (Wildman–Crippen MR) is 94.8 cm³/mol. The Labute approximate surface area is 146 Å². The molecule has 128 valence electrons. The summed E-state index contributed by atoms with van der Waals surface area (Å²) in [6.07, 6.45) is 1.50. The van der Waals surface area contributed by atoms with Crippen molar-refractivity contribution in [2.75, 3.05) is 26.6 Å². The summed E-state index contributed by atoms with van der Waals surface area (Å²) in [5.41, 5.74) is 1.10. The first-order valence-electron chi connectivity index (χ1n) is 7.40. The third-order valence-corrected chi connectivity index (χ3v) is 3.45. The molecule has 2 aromatic carbocycles. The molecule has 0 heterocycles. The fraction of sp³-hybridized carbons (Fsp3) is 0.158. The molecule has 0 aliphatic rings. The van der Waals surface area contributed by atoms with Crippen molar-refractivity contribution in [2.45, 2.75) is 0 Å². The molecule has 0 aliphatic carbocycles. The van der Waals surface area contributed by atoms with E-state index in [-0.39, 0.29) is 5.57 Å². The number of anilines is 1. The van der Waals surface area contributed by atoms with E-state index in [0.717, 1.165) is 0 Å². The summed E-state index contributed by atoms with van der Waals surface area (Å²) in [5, 5.41) is 12.0. The van der Waals surface area contributed by atoms with Crippen LogP contribution in [0.5, 0.6) is 17.2 Å². The number of hydrogen-bond acceptors (Lipinski definition) is 5. The molecular weight excluding hydrogens is 320 g/mol. The molecule has 25 heavy (non-hydrogen) atoms. The maximum Gasteiger partial charge on any atom is 0.266 e. The van der Waals surface area contributed by atoms with Crippen molar-refractivity contribution >= 4 is 17.7 Å². The maximum atomic E-state index is 12.4. The minimum Gasteiger partial charge on any atom is -0.497 e. The first kappa shape index (κ1) is 17.9. The van der Waals surface area contributed by atoms with Gasteiger partial charge in [-0.1, -0.05) is 12.1 Å². The highest BCUT2D eigenvalue weighted by Crippen LogP contribution is 2.29. The second kappa shape index (κ2) is 8.41. The van der Waals surface area contributed by atoms with Crippen molar-refractivity contribution in [1.29, 1.82) is 5.26 Å². The van der Waals surface area contributed by atoms with Crippen LogP contribution in [0.1, 0.15) is 5.56 Å². The molecule has 0 radical (unpaired) electrons. The topological polar surface area (TPSA) is 80.6 Å². The van der Waals surface area contributed by atoms with Crippen molar-refractivity contribution in [3.05, 3.63) is 53.6 Å². The molecule has 2 aromatic rings. The van der Waals surface area contributed by atoms with Crippen molar-refractivity contribution < 1.29 is 19.0 Å². The van der Waals surface area contributed by atoms with Crippen LogP contribution in [-0.4, -0.2) is 27.2 Å². The van der Waals surface area contributed by atoms with E-state index >= 15 is 0 Å². The standard InChI is InChI=1S/C19H18N2O4/c1-23-15-6-4-13(5-7-15)10-14(12-20)19(22)21-17-11-16(24-2)8-9-18(17)25-3/h4-11H,1-3H3,(H,21,22)/b14-10+. The third kappa shape index (κ3) is 4.52. The van der Waals surface area contributed by atoms with Crippen LogP contribution in [0.2, 0.25) is 0 Å². The van der Waals surface area contributed by atoms with E-state index in [9.17, 15) is 10.1 Å². The molecule has 1 N–H and O–H groups in total. The number of nitrogens with zero attached hydrogens (tertiary/aromatic N) is 1. The quantitative estimate of drug-likeness (QED) is 0.646. The van der Waals surface area contributed by atoms with E-state index in [4.69, 9.17) is 14.2 Å². The number of rotatable bonds is 6. The molecule has 6 nitrogen and oxygen atoms in total. The highest BCUT2D eigenvalue weighted by molar-refractivity contribution is 6.10. The monoisotopic (exact) mass is 338 g/mol. The molecule has 6 heteroatoms. The Hall–Kier alpha value is -3.46. The van der Waals surface area contributed by atoms with E-state index in [1.165, 1.54) is 20.3 Å². The predicted octanol–water partition coefficient (Wildman–Crippen LogP) is 3.26. The number of benzene rings is 2. The first-order valence-corrected chi connectivity index (χ1v) is 7.40. The smallest absolute Gasteiger partial charge is 0.266 e. The van der Waals surface area contributed by atoms with E-state index in [1.807, 2.05) is 6.07 Å². The highest BCUT2D eigenvalue weighted by atomic mass is 16.5. The SMILES string of the molecule is COc1ccc(/C=C(\C#N)C(=O)Nc2cc(OC)ccc2OC)cc1. The van der Waals surface area contributed by atoms with Gasteiger partial charge in [0.15, 0.2) is 0 Å². The van der Waals surface area contributed by atoms with Crippen molar-refractivity contribution in [3.63, 3.8) is 0 Å². The largest absolute Gasteiger partial charge is 0.497 e. The third-order valence-electron chi connectivity index (χ3n) is 3.45. The van der Waals surface area contributed by atoms with Crippen LogP contribution >= 0.6 is 0 Å². The summed E-state index contributed by atoms with van der Waals surface area (Å²) in [7, 11) is 4.59. The normalized spacial score (nSPS) is 10.6. The Morgan fingerprint density at radius 1 is 1.00 bits per heavy atom.